The molecular formula is C8H17NO2. The van der Waals surface area contributed by atoms with Crippen molar-refractivity contribution in [2.75, 3.05) is 26.9 Å². The van der Waals surface area contributed by atoms with Crippen LogP contribution in [0.5, 0.6) is 0 Å². The summed E-state index contributed by atoms with van der Waals surface area (Å²) in [6.45, 7) is 2.36. The van der Waals surface area contributed by atoms with Crippen LogP contribution in [0.4, 0.5) is 0 Å². The summed E-state index contributed by atoms with van der Waals surface area (Å²) in [5, 5.41) is 0. The highest BCUT2D eigenvalue weighted by Crippen LogP contribution is 2.20. The maximum atomic E-state index is 5.48. The largest absolute Gasteiger partial charge is 0.379 e. The van der Waals surface area contributed by atoms with Gasteiger partial charge in [-0.2, -0.15) is 0 Å². The average molecular weight is 159 g/mol. The number of methoxy groups -OCH3 is 1. The lowest BCUT2D eigenvalue weighted by Crippen LogP contribution is -2.35. The number of hydrogen-bond acceptors (Lipinski definition) is 3. The van der Waals surface area contributed by atoms with Crippen molar-refractivity contribution in [2.45, 2.75) is 18.9 Å². The third-order valence-corrected chi connectivity index (χ3v) is 2.28. The molecule has 1 rings (SSSR count). The van der Waals surface area contributed by atoms with Crippen LogP contribution in [-0.2, 0) is 9.47 Å². The standard InChI is InChI=1S/C8H17NO2/c1-10-8-6-11-5-3-7(8)2-4-9/h7-8H,2-6,9H2,1H3. The van der Waals surface area contributed by atoms with Crippen LogP contribution in [0, 0.1) is 5.92 Å². The molecule has 0 bridgehead atoms. The minimum Gasteiger partial charge on any atom is -0.379 e. The highest BCUT2D eigenvalue weighted by molar-refractivity contribution is 4.73. The topological polar surface area (TPSA) is 44.5 Å². The highest BCUT2D eigenvalue weighted by Gasteiger charge is 2.24. The molecule has 1 fully saturated rings. The average Bonchev–Trinajstić information content (AvgIpc) is 2.06. The lowest BCUT2D eigenvalue weighted by molar-refractivity contribution is -0.0666. The SMILES string of the molecule is COC1COCCC1CCN. The van der Waals surface area contributed by atoms with Gasteiger partial charge in [0.1, 0.15) is 0 Å². The fourth-order valence-corrected chi connectivity index (χ4v) is 1.56. The molecule has 2 atom stereocenters. The normalized spacial score (nSPS) is 32.2. The van der Waals surface area contributed by atoms with Crippen molar-refractivity contribution < 1.29 is 9.47 Å². The molecule has 0 aliphatic carbocycles. The maximum absolute atomic E-state index is 5.48. The summed E-state index contributed by atoms with van der Waals surface area (Å²) in [5.74, 6) is 0.610. The van der Waals surface area contributed by atoms with Crippen LogP contribution in [0.2, 0.25) is 0 Å². The van der Waals surface area contributed by atoms with E-state index >= 15 is 0 Å². The molecule has 1 aliphatic rings. The van der Waals surface area contributed by atoms with Gasteiger partial charge in [-0.15, -0.1) is 0 Å². The van der Waals surface area contributed by atoms with Gasteiger partial charge in [0.25, 0.3) is 0 Å². The third-order valence-electron chi connectivity index (χ3n) is 2.28. The quantitative estimate of drug-likeness (QED) is 0.647. The molecule has 2 unspecified atom stereocenters. The van der Waals surface area contributed by atoms with Crippen LogP contribution in [0.15, 0.2) is 0 Å². The van der Waals surface area contributed by atoms with Crippen molar-refractivity contribution >= 4 is 0 Å². The molecule has 0 aromatic carbocycles. The summed E-state index contributed by atoms with van der Waals surface area (Å²) in [6, 6.07) is 0. The Morgan fingerprint density at radius 1 is 1.64 bits per heavy atom. The summed E-state index contributed by atoms with van der Waals surface area (Å²) in [4.78, 5) is 0. The molecule has 1 heterocycles. The van der Waals surface area contributed by atoms with E-state index < -0.39 is 0 Å². The minimum atomic E-state index is 0.271. The summed E-state index contributed by atoms with van der Waals surface area (Å²) in [6.07, 6.45) is 2.42. The highest BCUT2D eigenvalue weighted by atomic mass is 16.5. The predicted octanol–water partition coefficient (Wildman–Crippen LogP) is 0.387. The van der Waals surface area contributed by atoms with E-state index in [4.69, 9.17) is 15.2 Å². The van der Waals surface area contributed by atoms with Crippen molar-refractivity contribution in [3.8, 4) is 0 Å². The molecule has 0 spiro atoms. The van der Waals surface area contributed by atoms with Gasteiger partial charge in [-0.3, -0.25) is 0 Å². The van der Waals surface area contributed by atoms with Gasteiger partial charge in [-0.25, -0.2) is 0 Å². The van der Waals surface area contributed by atoms with Gasteiger partial charge in [0, 0.05) is 13.7 Å². The van der Waals surface area contributed by atoms with E-state index in [0.29, 0.717) is 5.92 Å². The van der Waals surface area contributed by atoms with Gasteiger partial charge in [0.15, 0.2) is 0 Å². The van der Waals surface area contributed by atoms with Gasteiger partial charge in [0.2, 0.25) is 0 Å². The maximum Gasteiger partial charge on any atom is 0.0834 e. The Hall–Kier alpha value is -0.120. The molecule has 2 N–H and O–H groups in total. The molecular weight excluding hydrogens is 142 g/mol. The number of nitrogens with two attached hydrogens (primary N) is 1. The van der Waals surface area contributed by atoms with Crippen molar-refractivity contribution in [1.82, 2.24) is 0 Å². The smallest absolute Gasteiger partial charge is 0.0834 e. The fraction of sp³-hybridized carbons (Fsp3) is 1.00. The van der Waals surface area contributed by atoms with E-state index in [1.54, 1.807) is 7.11 Å². The molecule has 0 saturated carbocycles. The first kappa shape index (κ1) is 8.97. The molecule has 1 aliphatic heterocycles. The Morgan fingerprint density at radius 3 is 3.09 bits per heavy atom. The molecule has 0 radical (unpaired) electrons. The van der Waals surface area contributed by atoms with Crippen LogP contribution in [0.3, 0.4) is 0 Å². The second-order valence-corrected chi connectivity index (χ2v) is 2.98. The minimum absolute atomic E-state index is 0.271. The van der Waals surface area contributed by atoms with Gasteiger partial charge in [-0.05, 0) is 25.3 Å². The van der Waals surface area contributed by atoms with E-state index in [2.05, 4.69) is 0 Å². The van der Waals surface area contributed by atoms with E-state index in [-0.39, 0.29) is 6.10 Å². The lowest BCUT2D eigenvalue weighted by Gasteiger charge is -2.29. The summed E-state index contributed by atoms with van der Waals surface area (Å²) >= 11 is 0. The Morgan fingerprint density at radius 2 is 2.45 bits per heavy atom. The zero-order valence-corrected chi connectivity index (χ0v) is 7.08. The van der Waals surface area contributed by atoms with Crippen molar-refractivity contribution in [3.63, 3.8) is 0 Å². The molecule has 0 aromatic heterocycles. The first-order valence-electron chi connectivity index (χ1n) is 4.19. The van der Waals surface area contributed by atoms with Gasteiger partial charge in [-0.1, -0.05) is 0 Å². The number of ether oxygens (including phenoxy) is 2. The number of rotatable bonds is 3. The van der Waals surface area contributed by atoms with Crippen LogP contribution in [-0.4, -0.2) is 33.0 Å². The first-order valence-corrected chi connectivity index (χ1v) is 4.19. The van der Waals surface area contributed by atoms with Gasteiger partial charge >= 0.3 is 0 Å². The summed E-state index contributed by atoms with van der Waals surface area (Å²) < 4.78 is 10.6. The predicted molar refractivity (Wildman–Crippen MR) is 43.4 cm³/mol. The van der Waals surface area contributed by atoms with Crippen molar-refractivity contribution in [2.24, 2.45) is 11.7 Å². The van der Waals surface area contributed by atoms with Gasteiger partial charge in [0.05, 0.1) is 12.7 Å². The van der Waals surface area contributed by atoms with Gasteiger partial charge < -0.3 is 15.2 Å². The van der Waals surface area contributed by atoms with Crippen LogP contribution in [0.1, 0.15) is 12.8 Å². The molecule has 0 aromatic rings. The zero-order chi connectivity index (χ0) is 8.10. The van der Waals surface area contributed by atoms with Crippen LogP contribution < -0.4 is 5.73 Å². The van der Waals surface area contributed by atoms with Crippen molar-refractivity contribution in [1.29, 1.82) is 0 Å². The Labute approximate surface area is 67.9 Å². The van der Waals surface area contributed by atoms with E-state index in [1.807, 2.05) is 0 Å². The molecule has 0 amide bonds. The molecule has 11 heavy (non-hydrogen) atoms. The Kier molecular flexibility index (Phi) is 3.83. The van der Waals surface area contributed by atoms with E-state index in [0.717, 1.165) is 32.6 Å². The summed E-state index contributed by atoms with van der Waals surface area (Å²) in [5.41, 5.74) is 5.48. The second kappa shape index (κ2) is 4.70. The van der Waals surface area contributed by atoms with Crippen molar-refractivity contribution in [3.05, 3.63) is 0 Å². The van der Waals surface area contributed by atoms with E-state index in [9.17, 15) is 0 Å². The lowest BCUT2D eigenvalue weighted by atomic mass is 9.94. The van der Waals surface area contributed by atoms with Crippen LogP contribution in [0.25, 0.3) is 0 Å². The summed E-state index contributed by atoms with van der Waals surface area (Å²) in [7, 11) is 1.74. The Bertz CT molecular complexity index is 106. The molecule has 1 saturated heterocycles. The molecule has 3 nitrogen and oxygen atoms in total. The monoisotopic (exact) mass is 159 g/mol. The first-order chi connectivity index (χ1) is 5.38. The fourth-order valence-electron chi connectivity index (χ4n) is 1.56. The third kappa shape index (κ3) is 2.43. The molecule has 3 heteroatoms. The Balaban J connectivity index is 2.31. The second-order valence-electron chi connectivity index (χ2n) is 2.98. The number of hydrogen-bond donors (Lipinski definition) is 1. The zero-order valence-electron chi connectivity index (χ0n) is 7.08. The molecule has 66 valence electrons. The van der Waals surface area contributed by atoms with Crippen LogP contribution >= 0.6 is 0 Å². The van der Waals surface area contributed by atoms with E-state index in [1.165, 1.54) is 0 Å².